The molecule has 1 aliphatic carbocycles. The third kappa shape index (κ3) is 1.29. The zero-order chi connectivity index (χ0) is 12.3. The van der Waals surface area contributed by atoms with Crippen molar-refractivity contribution in [3.8, 4) is 0 Å². The highest BCUT2D eigenvalue weighted by Crippen LogP contribution is 2.56. The van der Waals surface area contributed by atoms with Gasteiger partial charge in [-0.3, -0.25) is 0 Å². The van der Waals surface area contributed by atoms with E-state index in [1.807, 2.05) is 12.1 Å². The number of nitrogen functional groups attached to an aromatic ring is 1. The van der Waals surface area contributed by atoms with E-state index in [9.17, 15) is 0 Å². The molecule has 0 spiro atoms. The average molecular weight is 242 g/mol. The molecule has 2 heterocycles. The molecule has 94 valence electrons. The Hall–Kier alpha value is -1.71. The van der Waals surface area contributed by atoms with Crippen LogP contribution < -0.4 is 11.1 Å². The van der Waals surface area contributed by atoms with Gasteiger partial charge in [-0.05, 0) is 42.9 Å². The van der Waals surface area contributed by atoms with E-state index >= 15 is 0 Å². The summed E-state index contributed by atoms with van der Waals surface area (Å²) >= 11 is 0. The molecule has 18 heavy (non-hydrogen) atoms. The van der Waals surface area contributed by atoms with Gasteiger partial charge in [-0.2, -0.15) is 5.10 Å². The van der Waals surface area contributed by atoms with E-state index in [0.717, 1.165) is 17.7 Å². The molecule has 4 nitrogen and oxygen atoms in total. The van der Waals surface area contributed by atoms with E-state index in [2.05, 4.69) is 23.0 Å². The maximum atomic E-state index is 5.84. The number of fused-ring (bicyclic) bond motifs is 3. The Labute approximate surface area is 106 Å². The fourth-order valence-electron chi connectivity index (χ4n) is 3.15. The highest BCUT2D eigenvalue weighted by atomic mass is 15.4. The number of nitrogens with zero attached hydrogens (tertiary/aromatic N) is 2. The van der Waals surface area contributed by atoms with Crippen LogP contribution >= 0.6 is 0 Å². The standard InChI is InChI=1S/C14H18N4/c1-14(5-6-14)12-4-7-16-13-10-3-2-9(15)8-11(10)17-18(12)13/h2-3,8,12,16H,4-7,15H2,1H3. The summed E-state index contributed by atoms with van der Waals surface area (Å²) in [5, 5.41) is 9.46. The van der Waals surface area contributed by atoms with Crippen LogP contribution in [-0.4, -0.2) is 16.3 Å². The molecular formula is C14H18N4. The molecule has 1 fully saturated rings. The van der Waals surface area contributed by atoms with Crippen LogP contribution in [0.5, 0.6) is 0 Å². The molecule has 1 unspecified atom stereocenters. The molecule has 1 aliphatic heterocycles. The highest BCUT2D eigenvalue weighted by Gasteiger charge is 2.47. The highest BCUT2D eigenvalue weighted by molar-refractivity contribution is 5.92. The monoisotopic (exact) mass is 242 g/mol. The number of rotatable bonds is 1. The number of hydrogen-bond donors (Lipinski definition) is 2. The third-order valence-electron chi connectivity index (χ3n) is 4.57. The molecule has 0 amide bonds. The molecule has 0 saturated heterocycles. The number of aromatic nitrogens is 2. The van der Waals surface area contributed by atoms with E-state index in [4.69, 9.17) is 10.8 Å². The van der Waals surface area contributed by atoms with Crippen LogP contribution in [0.3, 0.4) is 0 Å². The summed E-state index contributed by atoms with van der Waals surface area (Å²) in [6, 6.07) is 6.54. The second-order valence-electron chi connectivity index (χ2n) is 5.96. The van der Waals surface area contributed by atoms with Crippen LogP contribution in [0.4, 0.5) is 11.5 Å². The second-order valence-corrected chi connectivity index (χ2v) is 5.96. The summed E-state index contributed by atoms with van der Waals surface area (Å²) in [5.74, 6) is 1.18. The first kappa shape index (κ1) is 10.2. The number of benzene rings is 1. The number of nitrogens with two attached hydrogens (primary N) is 1. The Morgan fingerprint density at radius 2 is 2.28 bits per heavy atom. The minimum absolute atomic E-state index is 0.463. The van der Waals surface area contributed by atoms with Gasteiger partial charge in [-0.1, -0.05) is 6.92 Å². The van der Waals surface area contributed by atoms with Gasteiger partial charge in [0.15, 0.2) is 0 Å². The Kier molecular flexibility index (Phi) is 1.81. The van der Waals surface area contributed by atoms with E-state index in [-0.39, 0.29) is 0 Å². The minimum atomic E-state index is 0.463. The van der Waals surface area contributed by atoms with Crippen molar-refractivity contribution < 1.29 is 0 Å². The topological polar surface area (TPSA) is 55.9 Å². The zero-order valence-electron chi connectivity index (χ0n) is 10.6. The van der Waals surface area contributed by atoms with Gasteiger partial charge in [0.05, 0.1) is 11.6 Å². The minimum Gasteiger partial charge on any atom is -0.399 e. The van der Waals surface area contributed by atoms with Crippen LogP contribution in [0.1, 0.15) is 32.2 Å². The Morgan fingerprint density at radius 3 is 3.06 bits per heavy atom. The Balaban J connectivity index is 1.92. The van der Waals surface area contributed by atoms with E-state index < -0.39 is 0 Å². The molecule has 1 saturated carbocycles. The predicted octanol–water partition coefficient (Wildman–Crippen LogP) is 2.78. The third-order valence-corrected chi connectivity index (χ3v) is 4.57. The van der Waals surface area contributed by atoms with Crippen LogP contribution in [0, 0.1) is 5.41 Å². The van der Waals surface area contributed by atoms with Crippen molar-refractivity contribution in [3.63, 3.8) is 0 Å². The lowest BCUT2D eigenvalue weighted by atomic mass is 9.95. The summed E-state index contributed by atoms with van der Waals surface area (Å²) < 4.78 is 2.21. The quantitative estimate of drug-likeness (QED) is 0.756. The average Bonchev–Trinajstić information content (AvgIpc) is 3.00. The van der Waals surface area contributed by atoms with Gasteiger partial charge in [0.2, 0.25) is 0 Å². The first-order valence-corrected chi connectivity index (χ1v) is 6.69. The fraction of sp³-hybridized carbons (Fsp3) is 0.500. The smallest absolute Gasteiger partial charge is 0.132 e. The second kappa shape index (κ2) is 3.19. The molecule has 2 aromatic rings. The van der Waals surface area contributed by atoms with E-state index in [1.54, 1.807) is 0 Å². The fourth-order valence-corrected chi connectivity index (χ4v) is 3.15. The molecule has 1 aromatic carbocycles. The molecule has 2 aliphatic rings. The summed E-state index contributed by atoms with van der Waals surface area (Å²) in [6.07, 6.45) is 3.83. The van der Waals surface area contributed by atoms with E-state index in [0.29, 0.717) is 11.5 Å². The Bertz CT molecular complexity index is 624. The van der Waals surface area contributed by atoms with Gasteiger partial charge in [-0.25, -0.2) is 4.68 Å². The molecule has 0 bridgehead atoms. The van der Waals surface area contributed by atoms with Crippen molar-refractivity contribution in [2.75, 3.05) is 17.6 Å². The number of nitrogens with one attached hydrogen (secondary N) is 1. The van der Waals surface area contributed by atoms with Crippen molar-refractivity contribution in [1.82, 2.24) is 9.78 Å². The molecular weight excluding hydrogens is 224 g/mol. The van der Waals surface area contributed by atoms with Crippen LogP contribution in [0.15, 0.2) is 18.2 Å². The van der Waals surface area contributed by atoms with Crippen molar-refractivity contribution in [3.05, 3.63) is 18.2 Å². The van der Waals surface area contributed by atoms with Crippen molar-refractivity contribution in [2.24, 2.45) is 5.41 Å². The first-order valence-electron chi connectivity index (χ1n) is 6.69. The lowest BCUT2D eigenvalue weighted by Gasteiger charge is -2.30. The zero-order valence-corrected chi connectivity index (χ0v) is 10.6. The van der Waals surface area contributed by atoms with Gasteiger partial charge < -0.3 is 11.1 Å². The van der Waals surface area contributed by atoms with Crippen LogP contribution in [0.2, 0.25) is 0 Å². The number of hydrogen-bond acceptors (Lipinski definition) is 3. The molecule has 3 N–H and O–H groups in total. The summed E-state index contributed by atoms with van der Waals surface area (Å²) in [6.45, 7) is 3.43. The van der Waals surface area contributed by atoms with Crippen LogP contribution in [-0.2, 0) is 0 Å². The molecule has 4 heteroatoms. The number of anilines is 2. The lowest BCUT2D eigenvalue weighted by molar-refractivity contribution is 0.286. The van der Waals surface area contributed by atoms with Gasteiger partial charge in [-0.15, -0.1) is 0 Å². The SMILES string of the molecule is CC1(C2CCNc3c4ccc(N)cc4nn32)CC1. The molecule has 4 rings (SSSR count). The van der Waals surface area contributed by atoms with Gasteiger partial charge >= 0.3 is 0 Å². The predicted molar refractivity (Wildman–Crippen MR) is 73.6 cm³/mol. The maximum Gasteiger partial charge on any atom is 0.132 e. The molecule has 0 radical (unpaired) electrons. The van der Waals surface area contributed by atoms with Gasteiger partial charge in [0.25, 0.3) is 0 Å². The van der Waals surface area contributed by atoms with E-state index in [1.165, 1.54) is 30.5 Å². The normalized spacial score (nSPS) is 24.6. The van der Waals surface area contributed by atoms with Crippen molar-refractivity contribution in [2.45, 2.75) is 32.2 Å². The van der Waals surface area contributed by atoms with Gasteiger partial charge in [0.1, 0.15) is 5.82 Å². The maximum absolute atomic E-state index is 5.84. The lowest BCUT2D eigenvalue weighted by Crippen LogP contribution is -2.28. The van der Waals surface area contributed by atoms with Crippen LogP contribution in [0.25, 0.3) is 10.9 Å². The molecule has 1 aromatic heterocycles. The summed E-state index contributed by atoms with van der Waals surface area (Å²) in [4.78, 5) is 0. The summed E-state index contributed by atoms with van der Waals surface area (Å²) in [7, 11) is 0. The first-order chi connectivity index (χ1) is 8.67. The summed E-state index contributed by atoms with van der Waals surface area (Å²) in [5.41, 5.74) is 8.10. The Morgan fingerprint density at radius 1 is 1.44 bits per heavy atom. The van der Waals surface area contributed by atoms with Gasteiger partial charge in [0, 0.05) is 17.6 Å². The van der Waals surface area contributed by atoms with Crippen molar-refractivity contribution in [1.29, 1.82) is 0 Å². The largest absolute Gasteiger partial charge is 0.399 e. The molecule has 1 atom stereocenters. The van der Waals surface area contributed by atoms with Crippen molar-refractivity contribution >= 4 is 22.4 Å².